The van der Waals surface area contributed by atoms with Crippen molar-refractivity contribution in [1.82, 2.24) is 39.1 Å². The van der Waals surface area contributed by atoms with Crippen molar-refractivity contribution in [3.63, 3.8) is 0 Å². The van der Waals surface area contributed by atoms with Crippen molar-refractivity contribution >= 4 is 40.6 Å². The summed E-state index contributed by atoms with van der Waals surface area (Å²) in [4.78, 5) is 67.0. The fourth-order valence-electron chi connectivity index (χ4n) is 5.34. The molecule has 350 valence electrons. The van der Waals surface area contributed by atoms with E-state index in [1.807, 2.05) is 0 Å². The van der Waals surface area contributed by atoms with Crippen LogP contribution < -0.4 is 11.3 Å². The molecule has 5 atom stereocenters. The Morgan fingerprint density at radius 3 is 1.46 bits per heavy atom. The Kier molecular flexibility index (Phi) is 31.4. The van der Waals surface area contributed by atoms with E-state index in [9.17, 15) is 28.5 Å². The quantitative estimate of drug-likeness (QED) is 0.0921. The van der Waals surface area contributed by atoms with Gasteiger partial charge in [-0.1, -0.05) is 83.1 Å². The lowest BCUT2D eigenvalue weighted by Crippen LogP contribution is -2.26. The molecule has 1 saturated heterocycles. The topological polar surface area (TPSA) is 292 Å². The smallest absolute Gasteiger partial charge is 0.390 e. The summed E-state index contributed by atoms with van der Waals surface area (Å²) in [5.41, 5.74) is 4.89. The summed E-state index contributed by atoms with van der Waals surface area (Å²) in [5.74, 6) is -0.193. The molecular formula is C34H76N9O13P3. The molecule has 1 aliphatic heterocycles. The molecule has 0 saturated carbocycles. The highest BCUT2D eigenvalue weighted by atomic mass is 32.2. The summed E-state index contributed by atoms with van der Waals surface area (Å²) < 4.78 is 52.1. The fraction of sp³-hybridized carbons (Fsp3) is 0.853. The van der Waals surface area contributed by atoms with Gasteiger partial charge in [-0.3, -0.25) is 18.9 Å². The van der Waals surface area contributed by atoms with Gasteiger partial charge in [0.2, 0.25) is 5.95 Å². The number of hydrogen-bond acceptors (Lipinski definition) is 16. The third kappa shape index (κ3) is 25.1. The summed E-state index contributed by atoms with van der Waals surface area (Å²) in [6.45, 7) is 39.7. The molecule has 25 heteroatoms. The van der Waals surface area contributed by atoms with Crippen LogP contribution in [0.5, 0.6) is 0 Å². The monoisotopic (exact) mass is 912 g/mol. The van der Waals surface area contributed by atoms with E-state index in [-0.39, 0.29) is 23.5 Å². The number of aromatic amines is 1. The summed E-state index contributed by atoms with van der Waals surface area (Å²) in [6, 6.07) is 0. The zero-order valence-electron chi connectivity index (χ0n) is 37.3. The van der Waals surface area contributed by atoms with Crippen LogP contribution >= 0.6 is 23.5 Å². The highest BCUT2D eigenvalue weighted by Gasteiger charge is 2.43. The van der Waals surface area contributed by atoms with Gasteiger partial charge in [-0.25, -0.2) is 18.7 Å². The first kappa shape index (κ1) is 59.4. The maximum atomic E-state index is 11.8. The average Bonchev–Trinajstić information content (AvgIpc) is 3.76. The number of rotatable bonds is 20. The minimum Gasteiger partial charge on any atom is -0.390 e. The molecular weight excluding hydrogens is 836 g/mol. The van der Waals surface area contributed by atoms with Gasteiger partial charge in [-0.05, 0) is 78.5 Å². The molecule has 2 unspecified atom stereocenters. The van der Waals surface area contributed by atoms with Gasteiger partial charge in [-0.2, -0.15) is 13.6 Å². The van der Waals surface area contributed by atoms with Gasteiger partial charge in [0.15, 0.2) is 11.2 Å². The van der Waals surface area contributed by atoms with Gasteiger partial charge >= 0.3 is 23.5 Å². The van der Waals surface area contributed by atoms with Crippen molar-refractivity contribution in [2.45, 2.75) is 108 Å². The predicted molar refractivity (Wildman–Crippen MR) is 231 cm³/mol. The SMILES string of the molecule is CCN(CC)CC.CCN(CC)CC.CCN(CC)CC.CCN(CC)CC.Nc1nc2c(ncn2[C@H]2C[C@H](O)[C@@H](CO[32P](=O)(O)OP(=O)(O)OP(=O)(O)O)O2)c(=O)[nH]1. The number of fused-ring (bicyclic) bond motifs is 1. The van der Waals surface area contributed by atoms with Gasteiger partial charge in [0.25, 0.3) is 5.56 Å². The number of anilines is 1. The number of phosphoric ester groups is 1. The van der Waals surface area contributed by atoms with E-state index in [0.717, 1.165) is 0 Å². The molecule has 22 nitrogen and oxygen atoms in total. The molecule has 0 aliphatic carbocycles. The van der Waals surface area contributed by atoms with E-state index < -0.39 is 54.1 Å². The standard InChI is InChI=1S/C10H16N5O13P3.4C6H15N/c11-10-13-8-7(9(17)14-10)12-3-15(8)6-1-4(16)5(26-6)2-25-30(21,22)28-31(23,24)27-29(18,19)20;4*1-4-7(5-2)6-3/h3-6,16H,1-2H2,(H,21,22)(H,23,24)(H2,18,19,20)(H3,11,13,14,17);4*4-6H2,1-3H3/t4-,5+,6+;;;;/m0..../s1/i30+1;;;;. The summed E-state index contributed by atoms with van der Waals surface area (Å²) >= 11 is 0. The lowest BCUT2D eigenvalue weighted by Gasteiger charge is -2.19. The Morgan fingerprint density at radius 2 is 1.12 bits per heavy atom. The van der Waals surface area contributed by atoms with Crippen molar-refractivity contribution in [2.75, 3.05) is 90.9 Å². The lowest BCUT2D eigenvalue weighted by molar-refractivity contribution is -0.0423. The summed E-state index contributed by atoms with van der Waals surface area (Å²) in [6.07, 6.45) is -2.36. The highest BCUT2D eigenvalue weighted by molar-refractivity contribution is 7.66. The Bertz CT molecular complexity index is 1520. The molecule has 0 bridgehead atoms. The van der Waals surface area contributed by atoms with Crippen LogP contribution in [-0.4, -0.2) is 161 Å². The summed E-state index contributed by atoms with van der Waals surface area (Å²) in [5, 5.41) is 10.1. The number of phosphoric acid groups is 3. The van der Waals surface area contributed by atoms with Crippen molar-refractivity contribution in [2.24, 2.45) is 0 Å². The van der Waals surface area contributed by atoms with E-state index >= 15 is 0 Å². The molecule has 8 N–H and O–H groups in total. The Labute approximate surface area is 350 Å². The molecule has 0 radical (unpaired) electrons. The van der Waals surface area contributed by atoms with Gasteiger partial charge < -0.3 is 54.8 Å². The van der Waals surface area contributed by atoms with E-state index in [2.05, 4.69) is 131 Å². The fourth-order valence-corrected chi connectivity index (χ4v) is 8.37. The number of nitrogen functional groups attached to an aromatic ring is 1. The van der Waals surface area contributed by atoms with Crippen LogP contribution in [0.3, 0.4) is 0 Å². The first-order valence-corrected chi connectivity index (χ1v) is 24.8. The molecule has 1 aliphatic rings. The van der Waals surface area contributed by atoms with Crippen LogP contribution in [0.4, 0.5) is 5.95 Å². The van der Waals surface area contributed by atoms with Crippen LogP contribution in [0, 0.1) is 0 Å². The van der Waals surface area contributed by atoms with Gasteiger partial charge in [0.1, 0.15) is 12.3 Å². The van der Waals surface area contributed by atoms with Crippen LogP contribution in [0.1, 0.15) is 95.7 Å². The number of aliphatic hydroxyl groups excluding tert-OH is 1. The number of H-pyrrole nitrogens is 1. The second-order valence-electron chi connectivity index (χ2n) is 12.6. The van der Waals surface area contributed by atoms with Crippen molar-refractivity contribution in [3.8, 4) is 0 Å². The van der Waals surface area contributed by atoms with Crippen LogP contribution in [0.15, 0.2) is 11.1 Å². The van der Waals surface area contributed by atoms with Crippen LogP contribution in [0.25, 0.3) is 11.2 Å². The minimum atomic E-state index is -5.67. The van der Waals surface area contributed by atoms with Crippen molar-refractivity contribution in [3.05, 3.63) is 16.7 Å². The van der Waals surface area contributed by atoms with E-state index in [0.29, 0.717) is 0 Å². The largest absolute Gasteiger partial charge is 0.490 e. The van der Waals surface area contributed by atoms with E-state index in [4.69, 9.17) is 25.2 Å². The van der Waals surface area contributed by atoms with E-state index in [1.54, 1.807) is 0 Å². The number of nitrogens with one attached hydrogen (secondary N) is 1. The predicted octanol–water partition coefficient (Wildman–Crippen LogP) is 4.09. The van der Waals surface area contributed by atoms with Gasteiger partial charge in [0, 0.05) is 6.42 Å². The maximum Gasteiger partial charge on any atom is 0.490 e. The molecule has 0 spiro atoms. The molecule has 0 amide bonds. The van der Waals surface area contributed by atoms with Gasteiger partial charge in [-0.15, -0.1) is 0 Å². The zero-order valence-corrected chi connectivity index (χ0v) is 39.9. The Balaban J connectivity index is 0. The number of nitrogens with zero attached hydrogens (tertiary/aromatic N) is 7. The minimum absolute atomic E-state index is 0.0481. The molecule has 2 aromatic rings. The molecule has 59 heavy (non-hydrogen) atoms. The normalized spacial score (nSPS) is 18.6. The number of hydrogen-bond donors (Lipinski definition) is 7. The highest BCUT2D eigenvalue weighted by Crippen LogP contribution is 2.66. The lowest BCUT2D eigenvalue weighted by atomic mass is 10.2. The molecule has 2 aromatic heterocycles. The Hall–Kier alpha value is -1.68. The number of nitrogens with two attached hydrogens (primary N) is 1. The molecule has 1 fully saturated rings. The van der Waals surface area contributed by atoms with Crippen molar-refractivity contribution < 1.29 is 56.3 Å². The van der Waals surface area contributed by atoms with Crippen LogP contribution in [0.2, 0.25) is 0 Å². The first-order chi connectivity index (χ1) is 27.5. The molecule has 3 rings (SSSR count). The maximum absolute atomic E-state index is 11.8. The molecule has 3 heterocycles. The van der Waals surface area contributed by atoms with Crippen molar-refractivity contribution in [1.29, 1.82) is 0 Å². The van der Waals surface area contributed by atoms with Gasteiger partial charge in [0.05, 0.1) is 19.0 Å². The third-order valence-electron chi connectivity index (χ3n) is 9.15. The Morgan fingerprint density at radius 1 is 0.729 bits per heavy atom. The zero-order chi connectivity index (χ0) is 46.0. The number of aromatic nitrogens is 4. The number of imidazole rings is 1. The summed E-state index contributed by atoms with van der Waals surface area (Å²) in [7, 11) is -16.6. The number of ether oxygens (including phenoxy) is 1. The number of aliphatic hydroxyl groups is 1. The van der Waals surface area contributed by atoms with E-state index in [1.165, 1.54) is 89.4 Å². The second kappa shape index (κ2) is 31.2. The average molecular weight is 913 g/mol. The molecule has 0 aromatic carbocycles. The van der Waals surface area contributed by atoms with Crippen LogP contribution in [-0.2, 0) is 31.6 Å². The first-order valence-electron chi connectivity index (χ1n) is 20.3. The second-order valence-corrected chi connectivity index (χ2v) is 17.0. The third-order valence-corrected chi connectivity index (χ3v) is 13.0.